The van der Waals surface area contributed by atoms with Crippen LogP contribution in [0.5, 0.6) is 0 Å². The molecule has 5 nitrogen and oxygen atoms in total. The fourth-order valence-corrected chi connectivity index (χ4v) is 3.49. The predicted molar refractivity (Wildman–Crippen MR) is 77.6 cm³/mol. The predicted octanol–water partition coefficient (Wildman–Crippen LogP) is 1.36. The van der Waals surface area contributed by atoms with E-state index in [1.165, 1.54) is 11.3 Å². The molecule has 110 valence electrons. The van der Waals surface area contributed by atoms with Gasteiger partial charge in [-0.2, -0.15) is 0 Å². The van der Waals surface area contributed by atoms with Gasteiger partial charge in [-0.1, -0.05) is 0 Å². The smallest absolute Gasteiger partial charge is 0.253 e. The van der Waals surface area contributed by atoms with E-state index in [2.05, 4.69) is 9.88 Å². The van der Waals surface area contributed by atoms with Crippen LogP contribution in [0.15, 0.2) is 11.7 Å². The van der Waals surface area contributed by atoms with Crippen molar-refractivity contribution in [2.24, 2.45) is 0 Å². The zero-order chi connectivity index (χ0) is 13.8. The van der Waals surface area contributed by atoms with E-state index in [9.17, 15) is 4.79 Å². The number of nitrogens with zero attached hydrogens (tertiary/aromatic N) is 3. The van der Waals surface area contributed by atoms with E-state index < -0.39 is 0 Å². The lowest BCUT2D eigenvalue weighted by atomic mass is 10.1. The summed E-state index contributed by atoms with van der Waals surface area (Å²) in [6.07, 6.45) is 5.12. The van der Waals surface area contributed by atoms with Crippen LogP contribution in [-0.4, -0.2) is 59.6 Å². The van der Waals surface area contributed by atoms with Crippen molar-refractivity contribution in [1.82, 2.24) is 14.8 Å². The van der Waals surface area contributed by atoms with Gasteiger partial charge >= 0.3 is 0 Å². The second-order valence-electron chi connectivity index (χ2n) is 5.45. The summed E-state index contributed by atoms with van der Waals surface area (Å²) in [5.74, 6) is 0.179. The molecule has 0 bridgehead atoms. The third kappa shape index (κ3) is 3.37. The molecule has 1 aromatic rings. The second-order valence-corrected chi connectivity index (χ2v) is 6.42. The SMILES string of the molecule is O=C(C1CN(Cc2cncs2)CCO1)N1CCCCC1. The molecule has 6 heteroatoms. The monoisotopic (exact) mass is 295 g/mol. The minimum Gasteiger partial charge on any atom is -0.366 e. The highest BCUT2D eigenvalue weighted by atomic mass is 32.1. The van der Waals surface area contributed by atoms with Gasteiger partial charge in [0, 0.05) is 43.8 Å². The Morgan fingerprint density at radius 2 is 2.20 bits per heavy atom. The fourth-order valence-electron chi connectivity index (χ4n) is 2.85. The lowest BCUT2D eigenvalue weighted by molar-refractivity contribution is -0.150. The Morgan fingerprint density at radius 1 is 1.35 bits per heavy atom. The van der Waals surface area contributed by atoms with Crippen LogP contribution in [0.2, 0.25) is 0 Å². The van der Waals surface area contributed by atoms with E-state index >= 15 is 0 Å². The maximum atomic E-state index is 12.5. The number of ether oxygens (including phenoxy) is 1. The highest BCUT2D eigenvalue weighted by Gasteiger charge is 2.30. The number of piperidine rings is 1. The molecule has 20 heavy (non-hydrogen) atoms. The third-order valence-electron chi connectivity index (χ3n) is 3.96. The Balaban J connectivity index is 1.55. The largest absolute Gasteiger partial charge is 0.366 e. The third-order valence-corrected chi connectivity index (χ3v) is 4.72. The summed E-state index contributed by atoms with van der Waals surface area (Å²) >= 11 is 1.67. The second kappa shape index (κ2) is 6.65. The Hall–Kier alpha value is -0.980. The van der Waals surface area contributed by atoms with Crippen LogP contribution in [-0.2, 0) is 16.1 Å². The Bertz CT molecular complexity index is 432. The number of morpholine rings is 1. The topological polar surface area (TPSA) is 45.7 Å². The van der Waals surface area contributed by atoms with Gasteiger partial charge in [0.05, 0.1) is 12.1 Å². The molecule has 0 aromatic carbocycles. The molecular weight excluding hydrogens is 274 g/mol. The van der Waals surface area contributed by atoms with E-state index in [4.69, 9.17) is 4.74 Å². The molecule has 2 aliphatic heterocycles. The Kier molecular flexibility index (Phi) is 4.65. The first-order valence-corrected chi connectivity index (χ1v) is 8.21. The zero-order valence-corrected chi connectivity index (χ0v) is 12.5. The highest BCUT2D eigenvalue weighted by molar-refractivity contribution is 7.09. The standard InChI is InChI=1S/C14H21N3O2S/c18-14(17-4-2-1-3-5-17)13-10-16(6-7-19-13)9-12-8-15-11-20-12/h8,11,13H,1-7,9-10H2. The van der Waals surface area contributed by atoms with Crippen LogP contribution in [0, 0.1) is 0 Å². The number of likely N-dealkylation sites (tertiary alicyclic amines) is 1. The van der Waals surface area contributed by atoms with Crippen LogP contribution in [0.3, 0.4) is 0 Å². The molecule has 3 heterocycles. The van der Waals surface area contributed by atoms with Crippen molar-refractivity contribution < 1.29 is 9.53 Å². The molecule has 1 amide bonds. The van der Waals surface area contributed by atoms with Crippen molar-refractivity contribution in [3.8, 4) is 0 Å². The summed E-state index contributed by atoms with van der Waals surface area (Å²) in [5.41, 5.74) is 1.85. The van der Waals surface area contributed by atoms with Gasteiger partial charge in [0.1, 0.15) is 6.10 Å². The van der Waals surface area contributed by atoms with E-state index in [0.717, 1.165) is 39.0 Å². The minimum atomic E-state index is -0.283. The van der Waals surface area contributed by atoms with Gasteiger partial charge in [0.15, 0.2) is 0 Å². The highest BCUT2D eigenvalue weighted by Crippen LogP contribution is 2.16. The molecule has 0 aliphatic carbocycles. The number of amides is 1. The van der Waals surface area contributed by atoms with Gasteiger partial charge in [-0.25, -0.2) is 0 Å². The minimum absolute atomic E-state index is 0.179. The summed E-state index contributed by atoms with van der Waals surface area (Å²) in [4.78, 5) is 22.1. The average Bonchev–Trinajstić information content (AvgIpc) is 3.01. The van der Waals surface area contributed by atoms with Gasteiger partial charge in [-0.15, -0.1) is 11.3 Å². The molecule has 0 saturated carbocycles. The Labute approximate surface area is 123 Å². The number of rotatable bonds is 3. The van der Waals surface area contributed by atoms with Gasteiger partial charge in [-0.05, 0) is 19.3 Å². The number of aromatic nitrogens is 1. The van der Waals surface area contributed by atoms with Crippen molar-refractivity contribution in [1.29, 1.82) is 0 Å². The molecule has 3 rings (SSSR count). The molecule has 0 N–H and O–H groups in total. The average molecular weight is 295 g/mol. The molecule has 0 radical (unpaired) electrons. The van der Waals surface area contributed by atoms with E-state index in [0.29, 0.717) is 13.2 Å². The van der Waals surface area contributed by atoms with Crippen LogP contribution >= 0.6 is 11.3 Å². The van der Waals surface area contributed by atoms with Crippen LogP contribution in [0.25, 0.3) is 0 Å². The lowest BCUT2D eigenvalue weighted by Gasteiger charge is -2.36. The zero-order valence-electron chi connectivity index (χ0n) is 11.7. The van der Waals surface area contributed by atoms with Crippen molar-refractivity contribution >= 4 is 17.2 Å². The molecule has 1 aromatic heterocycles. The van der Waals surface area contributed by atoms with Crippen LogP contribution in [0.4, 0.5) is 0 Å². The first kappa shape index (κ1) is 14.0. The summed E-state index contributed by atoms with van der Waals surface area (Å²) < 4.78 is 5.70. The van der Waals surface area contributed by atoms with Crippen molar-refractivity contribution in [2.75, 3.05) is 32.8 Å². The molecule has 2 fully saturated rings. The normalized spacial score (nSPS) is 24.8. The number of hydrogen-bond acceptors (Lipinski definition) is 5. The van der Waals surface area contributed by atoms with Crippen LogP contribution < -0.4 is 0 Å². The maximum absolute atomic E-state index is 12.5. The van der Waals surface area contributed by atoms with E-state index in [1.54, 1.807) is 11.3 Å². The molecule has 1 unspecified atom stereocenters. The molecule has 2 aliphatic rings. The van der Waals surface area contributed by atoms with Crippen molar-refractivity contribution in [3.63, 3.8) is 0 Å². The molecule has 1 atom stereocenters. The van der Waals surface area contributed by atoms with Gasteiger partial charge < -0.3 is 9.64 Å². The van der Waals surface area contributed by atoms with Gasteiger partial charge in [0.25, 0.3) is 5.91 Å². The van der Waals surface area contributed by atoms with Crippen LogP contribution in [0.1, 0.15) is 24.1 Å². The molecule has 2 saturated heterocycles. The van der Waals surface area contributed by atoms with Gasteiger partial charge in [-0.3, -0.25) is 14.7 Å². The molecule has 0 spiro atoms. The van der Waals surface area contributed by atoms with E-state index in [1.807, 2.05) is 16.6 Å². The number of carbonyl (C=O) groups excluding carboxylic acids is 1. The lowest BCUT2D eigenvalue weighted by Crippen LogP contribution is -2.51. The maximum Gasteiger partial charge on any atom is 0.253 e. The summed E-state index contributed by atoms with van der Waals surface area (Å²) in [6.45, 7) is 4.90. The summed E-state index contributed by atoms with van der Waals surface area (Å²) in [7, 11) is 0. The number of carbonyl (C=O) groups is 1. The number of thiazole rings is 1. The molecular formula is C14H21N3O2S. The fraction of sp³-hybridized carbons (Fsp3) is 0.714. The summed E-state index contributed by atoms with van der Waals surface area (Å²) in [6, 6.07) is 0. The van der Waals surface area contributed by atoms with Crippen molar-refractivity contribution in [3.05, 3.63) is 16.6 Å². The van der Waals surface area contributed by atoms with E-state index in [-0.39, 0.29) is 12.0 Å². The number of hydrogen-bond donors (Lipinski definition) is 0. The van der Waals surface area contributed by atoms with Gasteiger partial charge in [0.2, 0.25) is 0 Å². The summed E-state index contributed by atoms with van der Waals surface area (Å²) in [5, 5.41) is 0. The van der Waals surface area contributed by atoms with Crippen molar-refractivity contribution in [2.45, 2.75) is 31.9 Å². The first-order valence-electron chi connectivity index (χ1n) is 7.33. The Morgan fingerprint density at radius 3 is 2.95 bits per heavy atom. The first-order chi connectivity index (χ1) is 9.83. The quantitative estimate of drug-likeness (QED) is 0.844.